The van der Waals surface area contributed by atoms with Crippen LogP contribution in [0, 0.1) is 0 Å². The Kier molecular flexibility index (Phi) is 5.85. The Morgan fingerprint density at radius 2 is 2.19 bits per heavy atom. The standard InChI is InChI=1S/C12H18ClN7O/c1-19(8-9-21-2)7-5-14-11-16-10(13)17-12(18-11)20-6-3-4-15-20/h3-4,6H,5,7-9H2,1-2H3,(H,14,16,17,18). The highest BCUT2D eigenvalue weighted by molar-refractivity contribution is 6.28. The molecule has 8 nitrogen and oxygen atoms in total. The first-order chi connectivity index (χ1) is 10.2. The van der Waals surface area contributed by atoms with Gasteiger partial charge in [0.25, 0.3) is 5.95 Å². The Balaban J connectivity index is 1.91. The molecule has 0 aliphatic rings. The van der Waals surface area contributed by atoms with Crippen LogP contribution in [0.2, 0.25) is 5.28 Å². The Morgan fingerprint density at radius 1 is 1.33 bits per heavy atom. The zero-order chi connectivity index (χ0) is 15.1. The monoisotopic (exact) mass is 311 g/mol. The molecule has 0 atom stereocenters. The van der Waals surface area contributed by atoms with Crippen LogP contribution >= 0.6 is 11.6 Å². The van der Waals surface area contributed by atoms with E-state index in [0.29, 0.717) is 25.0 Å². The molecule has 0 bridgehead atoms. The first-order valence-electron chi connectivity index (χ1n) is 6.52. The molecule has 0 spiro atoms. The van der Waals surface area contributed by atoms with E-state index in [1.165, 1.54) is 4.68 Å². The van der Waals surface area contributed by atoms with Crippen molar-refractivity contribution in [3.05, 3.63) is 23.7 Å². The van der Waals surface area contributed by atoms with Crippen molar-refractivity contribution in [2.24, 2.45) is 0 Å². The van der Waals surface area contributed by atoms with E-state index in [0.717, 1.165) is 13.1 Å². The number of rotatable bonds is 8. The molecule has 0 saturated carbocycles. The number of ether oxygens (including phenoxy) is 1. The number of hydrogen-bond acceptors (Lipinski definition) is 7. The number of nitrogens with zero attached hydrogens (tertiary/aromatic N) is 6. The summed E-state index contributed by atoms with van der Waals surface area (Å²) in [7, 11) is 3.71. The lowest BCUT2D eigenvalue weighted by atomic mass is 10.5. The maximum absolute atomic E-state index is 5.91. The van der Waals surface area contributed by atoms with Gasteiger partial charge in [0.15, 0.2) is 0 Å². The molecule has 2 rings (SSSR count). The first kappa shape index (κ1) is 15.6. The van der Waals surface area contributed by atoms with Gasteiger partial charge in [0.2, 0.25) is 11.2 Å². The van der Waals surface area contributed by atoms with Crippen LogP contribution < -0.4 is 5.32 Å². The van der Waals surface area contributed by atoms with Crippen molar-refractivity contribution in [2.75, 3.05) is 45.7 Å². The fourth-order valence-corrected chi connectivity index (χ4v) is 1.78. The number of likely N-dealkylation sites (N-methyl/N-ethyl adjacent to an activating group) is 1. The van der Waals surface area contributed by atoms with E-state index >= 15 is 0 Å². The third-order valence-electron chi connectivity index (χ3n) is 2.76. The van der Waals surface area contributed by atoms with Gasteiger partial charge in [-0.05, 0) is 24.7 Å². The van der Waals surface area contributed by atoms with Crippen molar-refractivity contribution >= 4 is 17.5 Å². The lowest BCUT2D eigenvalue weighted by Crippen LogP contribution is -2.28. The van der Waals surface area contributed by atoms with E-state index in [1.807, 2.05) is 7.05 Å². The Morgan fingerprint density at radius 3 is 2.90 bits per heavy atom. The summed E-state index contributed by atoms with van der Waals surface area (Å²) in [6, 6.07) is 1.79. The molecule has 2 aromatic rings. The van der Waals surface area contributed by atoms with E-state index < -0.39 is 0 Å². The molecular formula is C12H18ClN7O. The highest BCUT2D eigenvalue weighted by Crippen LogP contribution is 2.08. The van der Waals surface area contributed by atoms with Gasteiger partial charge in [0.1, 0.15) is 0 Å². The van der Waals surface area contributed by atoms with Gasteiger partial charge in [0.05, 0.1) is 6.61 Å². The molecule has 114 valence electrons. The predicted molar refractivity (Wildman–Crippen MR) is 79.8 cm³/mol. The zero-order valence-electron chi connectivity index (χ0n) is 12.0. The maximum Gasteiger partial charge on any atom is 0.256 e. The largest absolute Gasteiger partial charge is 0.383 e. The van der Waals surface area contributed by atoms with Crippen LogP contribution in [0.3, 0.4) is 0 Å². The second kappa shape index (κ2) is 7.87. The second-order valence-corrected chi connectivity index (χ2v) is 4.74. The maximum atomic E-state index is 5.91. The van der Waals surface area contributed by atoms with Gasteiger partial charge in [-0.2, -0.15) is 20.1 Å². The molecule has 0 saturated heterocycles. The van der Waals surface area contributed by atoms with Crippen LogP contribution in [0.15, 0.2) is 18.5 Å². The van der Waals surface area contributed by atoms with Crippen molar-refractivity contribution in [3.8, 4) is 5.95 Å². The molecule has 9 heteroatoms. The number of nitrogens with one attached hydrogen (secondary N) is 1. The van der Waals surface area contributed by atoms with Gasteiger partial charge in [0, 0.05) is 39.1 Å². The minimum atomic E-state index is 0.130. The SMILES string of the molecule is COCCN(C)CCNc1nc(Cl)nc(-n2cccn2)n1. The smallest absolute Gasteiger partial charge is 0.256 e. The van der Waals surface area contributed by atoms with E-state index in [2.05, 4.69) is 30.3 Å². The van der Waals surface area contributed by atoms with Crippen LogP contribution in [0.25, 0.3) is 5.95 Å². The van der Waals surface area contributed by atoms with Crippen LogP contribution in [-0.2, 0) is 4.74 Å². The summed E-state index contributed by atoms with van der Waals surface area (Å²) < 4.78 is 6.56. The molecule has 21 heavy (non-hydrogen) atoms. The molecule has 0 aliphatic heterocycles. The lowest BCUT2D eigenvalue weighted by molar-refractivity contribution is 0.163. The quantitative estimate of drug-likeness (QED) is 0.768. The highest BCUT2D eigenvalue weighted by Gasteiger charge is 2.07. The fraction of sp³-hybridized carbons (Fsp3) is 0.500. The zero-order valence-corrected chi connectivity index (χ0v) is 12.8. The van der Waals surface area contributed by atoms with E-state index in [1.54, 1.807) is 25.6 Å². The average molecular weight is 312 g/mol. The summed E-state index contributed by atoms with van der Waals surface area (Å²) in [5.41, 5.74) is 0. The Hall–Kier alpha value is -1.77. The highest BCUT2D eigenvalue weighted by atomic mass is 35.5. The van der Waals surface area contributed by atoms with Gasteiger partial charge in [-0.3, -0.25) is 0 Å². The van der Waals surface area contributed by atoms with Crippen molar-refractivity contribution in [3.63, 3.8) is 0 Å². The van der Waals surface area contributed by atoms with Crippen molar-refractivity contribution in [1.29, 1.82) is 0 Å². The van der Waals surface area contributed by atoms with Gasteiger partial charge in [-0.15, -0.1) is 0 Å². The summed E-state index contributed by atoms with van der Waals surface area (Å²) in [5, 5.41) is 7.32. The third kappa shape index (κ3) is 4.92. The summed E-state index contributed by atoms with van der Waals surface area (Å²) in [6.45, 7) is 3.11. The van der Waals surface area contributed by atoms with Crippen LogP contribution in [0.1, 0.15) is 0 Å². The normalized spacial score (nSPS) is 11.0. The number of anilines is 1. The van der Waals surface area contributed by atoms with Gasteiger partial charge in [-0.1, -0.05) is 0 Å². The fourth-order valence-electron chi connectivity index (χ4n) is 1.63. The van der Waals surface area contributed by atoms with Crippen LogP contribution in [0.4, 0.5) is 5.95 Å². The molecular weight excluding hydrogens is 294 g/mol. The molecule has 0 radical (unpaired) electrons. The summed E-state index contributed by atoms with van der Waals surface area (Å²) in [6.07, 6.45) is 3.39. The third-order valence-corrected chi connectivity index (χ3v) is 2.93. The number of methoxy groups -OCH3 is 1. The van der Waals surface area contributed by atoms with Gasteiger partial charge >= 0.3 is 0 Å². The molecule has 0 unspecified atom stereocenters. The van der Waals surface area contributed by atoms with Crippen molar-refractivity contribution in [2.45, 2.75) is 0 Å². The minimum Gasteiger partial charge on any atom is -0.383 e. The Labute approximate surface area is 128 Å². The summed E-state index contributed by atoms with van der Waals surface area (Å²) in [5.74, 6) is 0.816. The van der Waals surface area contributed by atoms with Crippen LogP contribution in [-0.4, -0.2) is 70.0 Å². The molecule has 1 N–H and O–H groups in total. The van der Waals surface area contributed by atoms with Gasteiger partial charge in [-0.25, -0.2) is 4.68 Å². The molecule has 0 amide bonds. The van der Waals surface area contributed by atoms with E-state index in [-0.39, 0.29) is 5.28 Å². The van der Waals surface area contributed by atoms with E-state index in [4.69, 9.17) is 16.3 Å². The summed E-state index contributed by atoms with van der Waals surface area (Å²) in [4.78, 5) is 14.5. The summed E-state index contributed by atoms with van der Waals surface area (Å²) >= 11 is 5.91. The molecule has 0 aliphatic carbocycles. The number of hydrogen-bond donors (Lipinski definition) is 1. The molecule has 2 aromatic heterocycles. The van der Waals surface area contributed by atoms with Crippen molar-refractivity contribution < 1.29 is 4.74 Å². The molecule has 0 aromatic carbocycles. The molecule has 0 fully saturated rings. The first-order valence-corrected chi connectivity index (χ1v) is 6.90. The lowest BCUT2D eigenvalue weighted by Gasteiger charge is -2.16. The predicted octanol–water partition coefficient (Wildman–Crippen LogP) is 0.701. The number of aromatic nitrogens is 5. The second-order valence-electron chi connectivity index (χ2n) is 4.40. The topological polar surface area (TPSA) is 81.0 Å². The molecule has 2 heterocycles. The number of halogens is 1. The van der Waals surface area contributed by atoms with Gasteiger partial charge < -0.3 is 15.0 Å². The Bertz CT molecular complexity index is 549. The minimum absolute atomic E-state index is 0.130. The average Bonchev–Trinajstić information content (AvgIpc) is 2.99. The van der Waals surface area contributed by atoms with Crippen LogP contribution in [0.5, 0.6) is 0 Å². The van der Waals surface area contributed by atoms with Crippen molar-refractivity contribution in [1.82, 2.24) is 29.6 Å². The van der Waals surface area contributed by atoms with E-state index in [9.17, 15) is 0 Å².